The molecule has 0 radical (unpaired) electrons. The zero-order chi connectivity index (χ0) is 22.2. The Kier molecular flexibility index (Phi) is 7.76. The largest absolute Gasteiger partial charge is 0.493 e. The first-order valence-corrected chi connectivity index (χ1v) is 10.5. The van der Waals surface area contributed by atoms with Gasteiger partial charge in [0, 0.05) is 43.2 Å². The average molecular weight is 427 g/mol. The Bertz CT molecular complexity index is 867. The maximum atomic E-state index is 12.8. The number of likely N-dealkylation sites (tertiary alicyclic amines) is 1. The Labute approximate surface area is 183 Å². The molecule has 1 aliphatic rings. The highest BCUT2D eigenvalue weighted by Crippen LogP contribution is 2.40. The fourth-order valence-electron chi connectivity index (χ4n) is 3.84. The molecule has 3 rings (SSSR count). The number of anilines is 1. The molecule has 0 unspecified atom stereocenters. The van der Waals surface area contributed by atoms with Gasteiger partial charge in [0.1, 0.15) is 0 Å². The number of nitrogens with zero attached hydrogens (tertiary/aromatic N) is 1. The molecule has 31 heavy (non-hydrogen) atoms. The Morgan fingerprint density at radius 2 is 1.58 bits per heavy atom. The molecule has 0 aliphatic carbocycles. The van der Waals surface area contributed by atoms with E-state index in [1.54, 1.807) is 12.1 Å². The van der Waals surface area contributed by atoms with Gasteiger partial charge >= 0.3 is 0 Å². The second-order valence-corrected chi connectivity index (χ2v) is 7.54. The lowest BCUT2D eigenvalue weighted by atomic mass is 9.95. The fraction of sp³-hybridized carbons (Fsp3) is 0.417. The molecular weight excluding hydrogens is 396 g/mol. The molecule has 0 atom stereocenters. The third-order valence-corrected chi connectivity index (χ3v) is 5.62. The van der Waals surface area contributed by atoms with Crippen molar-refractivity contribution in [3.63, 3.8) is 0 Å². The topological polar surface area (TPSA) is 77.1 Å². The number of benzene rings is 2. The number of carbonyl (C=O) groups is 2. The van der Waals surface area contributed by atoms with Crippen molar-refractivity contribution in [2.24, 2.45) is 5.92 Å². The van der Waals surface area contributed by atoms with Crippen LogP contribution in [0.15, 0.2) is 42.5 Å². The third kappa shape index (κ3) is 5.69. The maximum Gasteiger partial charge on any atom is 0.227 e. The van der Waals surface area contributed by atoms with Crippen molar-refractivity contribution in [1.29, 1.82) is 0 Å². The smallest absolute Gasteiger partial charge is 0.227 e. The van der Waals surface area contributed by atoms with Crippen molar-refractivity contribution in [3.8, 4) is 17.2 Å². The highest BCUT2D eigenvalue weighted by atomic mass is 16.5. The molecule has 0 aromatic heterocycles. The van der Waals surface area contributed by atoms with Gasteiger partial charge in [0.05, 0.1) is 21.3 Å². The van der Waals surface area contributed by atoms with Gasteiger partial charge in [-0.15, -0.1) is 0 Å². The molecule has 0 bridgehead atoms. The minimum atomic E-state index is -0.141. The van der Waals surface area contributed by atoms with E-state index in [0.29, 0.717) is 55.3 Å². The van der Waals surface area contributed by atoms with Crippen LogP contribution in [-0.4, -0.2) is 51.1 Å². The average Bonchev–Trinajstić information content (AvgIpc) is 2.82. The summed E-state index contributed by atoms with van der Waals surface area (Å²) in [5, 5.41) is 2.95. The van der Waals surface area contributed by atoms with Crippen LogP contribution in [-0.2, 0) is 16.0 Å². The zero-order valence-electron chi connectivity index (χ0n) is 18.3. The number of hydrogen-bond acceptors (Lipinski definition) is 5. The fourth-order valence-corrected chi connectivity index (χ4v) is 3.84. The van der Waals surface area contributed by atoms with Crippen molar-refractivity contribution in [2.45, 2.75) is 25.7 Å². The summed E-state index contributed by atoms with van der Waals surface area (Å²) in [6.45, 7) is 1.20. The highest BCUT2D eigenvalue weighted by molar-refractivity contribution is 5.93. The molecule has 7 heteroatoms. The SMILES string of the molecule is COc1cc(NC(=O)C2CCN(C(=O)CCc3ccccc3)CC2)cc(OC)c1OC. The predicted molar refractivity (Wildman–Crippen MR) is 119 cm³/mol. The third-order valence-electron chi connectivity index (χ3n) is 5.62. The van der Waals surface area contributed by atoms with Gasteiger partial charge in [-0.2, -0.15) is 0 Å². The van der Waals surface area contributed by atoms with E-state index in [-0.39, 0.29) is 17.7 Å². The maximum absolute atomic E-state index is 12.8. The minimum Gasteiger partial charge on any atom is -0.493 e. The first kappa shape index (κ1) is 22.5. The molecule has 0 spiro atoms. The molecular formula is C24H30N2O5. The van der Waals surface area contributed by atoms with Crippen LogP contribution in [0.25, 0.3) is 0 Å². The number of carbonyl (C=O) groups excluding carboxylic acids is 2. The van der Waals surface area contributed by atoms with Crippen LogP contribution in [0.1, 0.15) is 24.8 Å². The van der Waals surface area contributed by atoms with Crippen molar-refractivity contribution in [2.75, 3.05) is 39.7 Å². The molecule has 1 aliphatic heterocycles. The number of nitrogens with one attached hydrogen (secondary N) is 1. The molecule has 2 aromatic rings. The van der Waals surface area contributed by atoms with Gasteiger partial charge in [0.25, 0.3) is 0 Å². The highest BCUT2D eigenvalue weighted by Gasteiger charge is 2.27. The summed E-state index contributed by atoms with van der Waals surface area (Å²) >= 11 is 0. The van der Waals surface area contributed by atoms with Crippen LogP contribution < -0.4 is 19.5 Å². The molecule has 1 N–H and O–H groups in total. The van der Waals surface area contributed by atoms with Gasteiger partial charge in [-0.3, -0.25) is 9.59 Å². The van der Waals surface area contributed by atoms with E-state index in [2.05, 4.69) is 5.32 Å². The van der Waals surface area contributed by atoms with Crippen molar-refractivity contribution >= 4 is 17.5 Å². The lowest BCUT2D eigenvalue weighted by Gasteiger charge is -2.31. The monoisotopic (exact) mass is 426 g/mol. The second kappa shape index (κ2) is 10.7. The Morgan fingerprint density at radius 3 is 2.13 bits per heavy atom. The number of amides is 2. The summed E-state index contributed by atoms with van der Waals surface area (Å²) in [7, 11) is 4.61. The van der Waals surface area contributed by atoms with Crippen LogP contribution >= 0.6 is 0 Å². The summed E-state index contributed by atoms with van der Waals surface area (Å²) in [4.78, 5) is 27.2. The van der Waals surface area contributed by atoms with E-state index >= 15 is 0 Å². The molecule has 2 amide bonds. The Morgan fingerprint density at radius 1 is 0.968 bits per heavy atom. The van der Waals surface area contributed by atoms with Gasteiger partial charge in [-0.1, -0.05) is 30.3 Å². The lowest BCUT2D eigenvalue weighted by molar-refractivity contribution is -0.134. The summed E-state index contributed by atoms with van der Waals surface area (Å²) in [5.74, 6) is 1.38. The van der Waals surface area contributed by atoms with Gasteiger partial charge in [-0.05, 0) is 24.8 Å². The van der Waals surface area contributed by atoms with Crippen LogP contribution in [0.5, 0.6) is 17.2 Å². The first-order chi connectivity index (χ1) is 15.0. The second-order valence-electron chi connectivity index (χ2n) is 7.54. The molecule has 7 nitrogen and oxygen atoms in total. The van der Waals surface area contributed by atoms with E-state index in [1.165, 1.54) is 21.3 Å². The van der Waals surface area contributed by atoms with E-state index in [9.17, 15) is 9.59 Å². The standard InChI is InChI=1S/C24H30N2O5/c1-29-20-15-19(16-21(30-2)23(20)31-3)25-24(28)18-11-13-26(14-12-18)22(27)10-9-17-7-5-4-6-8-17/h4-8,15-16,18H,9-14H2,1-3H3,(H,25,28). The molecule has 0 saturated carbocycles. The summed E-state index contributed by atoms with van der Waals surface area (Å²) in [6.07, 6.45) is 2.52. The van der Waals surface area contributed by atoms with Crippen LogP contribution in [0.2, 0.25) is 0 Å². The van der Waals surface area contributed by atoms with E-state index in [0.717, 1.165) is 12.0 Å². The van der Waals surface area contributed by atoms with E-state index in [4.69, 9.17) is 14.2 Å². The molecule has 1 saturated heterocycles. The first-order valence-electron chi connectivity index (χ1n) is 10.5. The summed E-state index contributed by atoms with van der Waals surface area (Å²) in [6, 6.07) is 13.4. The van der Waals surface area contributed by atoms with Gasteiger partial charge in [0.15, 0.2) is 11.5 Å². The van der Waals surface area contributed by atoms with Crippen molar-refractivity contribution in [3.05, 3.63) is 48.0 Å². The van der Waals surface area contributed by atoms with Crippen molar-refractivity contribution < 1.29 is 23.8 Å². The Hall–Kier alpha value is -3.22. The predicted octanol–water partition coefficient (Wildman–Crippen LogP) is 3.52. The molecule has 1 fully saturated rings. The van der Waals surface area contributed by atoms with Crippen LogP contribution in [0, 0.1) is 5.92 Å². The normalized spacial score (nSPS) is 14.1. The van der Waals surface area contributed by atoms with Crippen LogP contribution in [0.3, 0.4) is 0 Å². The number of piperidine rings is 1. The van der Waals surface area contributed by atoms with Gasteiger partial charge < -0.3 is 24.4 Å². The van der Waals surface area contributed by atoms with Gasteiger partial charge in [0.2, 0.25) is 17.6 Å². The minimum absolute atomic E-state index is 0.0642. The molecule has 1 heterocycles. The molecule has 166 valence electrons. The quantitative estimate of drug-likeness (QED) is 0.699. The zero-order valence-corrected chi connectivity index (χ0v) is 18.3. The number of aryl methyl sites for hydroxylation is 1. The number of methoxy groups -OCH3 is 3. The number of hydrogen-bond donors (Lipinski definition) is 1. The number of ether oxygens (including phenoxy) is 3. The number of rotatable bonds is 8. The van der Waals surface area contributed by atoms with Gasteiger partial charge in [-0.25, -0.2) is 0 Å². The Balaban J connectivity index is 1.53. The summed E-state index contributed by atoms with van der Waals surface area (Å²) < 4.78 is 16.0. The van der Waals surface area contributed by atoms with E-state index < -0.39 is 0 Å². The lowest BCUT2D eigenvalue weighted by Crippen LogP contribution is -2.41. The van der Waals surface area contributed by atoms with E-state index in [1.807, 2.05) is 35.2 Å². The van der Waals surface area contributed by atoms with Crippen molar-refractivity contribution in [1.82, 2.24) is 4.90 Å². The molecule has 2 aromatic carbocycles. The van der Waals surface area contributed by atoms with Crippen LogP contribution in [0.4, 0.5) is 5.69 Å². The summed E-state index contributed by atoms with van der Waals surface area (Å²) in [5.41, 5.74) is 1.75.